The number of rotatable bonds is 15. The van der Waals surface area contributed by atoms with E-state index in [0.29, 0.717) is 19.6 Å². The summed E-state index contributed by atoms with van der Waals surface area (Å²) in [5.74, 6) is 0. The van der Waals surface area contributed by atoms with Crippen molar-refractivity contribution < 1.29 is 28.8 Å². The largest absolute Gasteiger partial charge is 0.473 e. The van der Waals surface area contributed by atoms with Crippen molar-refractivity contribution in [1.82, 2.24) is 0 Å². The zero-order chi connectivity index (χ0) is 19.9. The van der Waals surface area contributed by atoms with Crippen LogP contribution in [0.1, 0.15) is 65.2 Å². The molecule has 0 saturated carbocycles. The van der Waals surface area contributed by atoms with Gasteiger partial charge in [-0.05, 0) is 19.8 Å². The molecule has 6 nitrogen and oxygen atoms in total. The Balaban J connectivity index is 2.39. The van der Waals surface area contributed by atoms with E-state index in [0.717, 1.165) is 12.8 Å². The predicted molar refractivity (Wildman–Crippen MR) is 106 cm³/mol. The highest BCUT2D eigenvalue weighted by Crippen LogP contribution is 2.25. The van der Waals surface area contributed by atoms with E-state index in [1.807, 2.05) is 6.92 Å². The fourth-order valence-electron chi connectivity index (χ4n) is 3.33. The fourth-order valence-corrected chi connectivity index (χ4v) is 3.33. The molecule has 0 aromatic rings. The molecule has 0 aromatic carbocycles. The highest BCUT2D eigenvalue weighted by atomic mass is 16.7. The van der Waals surface area contributed by atoms with Crippen molar-refractivity contribution in [3.05, 3.63) is 12.3 Å². The number of allylic oxidation sites excluding steroid dienone is 1. The molecule has 1 aliphatic heterocycles. The first kappa shape index (κ1) is 24.4. The minimum atomic E-state index is -0.731. The Bertz CT molecular complexity index is 376. The third-order valence-corrected chi connectivity index (χ3v) is 4.95. The number of hydrogen-bond donors (Lipinski definition) is 1. The summed E-state index contributed by atoms with van der Waals surface area (Å²) in [6.07, 6.45) is 10.3. The SMILES string of the molecule is C/C=C\O[C@@H]1CC(OCC[C@@H](CCCCCCC)OC)[C@H](O)C(COC)O1. The van der Waals surface area contributed by atoms with Gasteiger partial charge in [-0.25, -0.2) is 0 Å². The molecule has 1 rings (SSSR count). The topological polar surface area (TPSA) is 66.4 Å². The van der Waals surface area contributed by atoms with Crippen molar-refractivity contribution >= 4 is 0 Å². The summed E-state index contributed by atoms with van der Waals surface area (Å²) < 4.78 is 28.0. The van der Waals surface area contributed by atoms with Gasteiger partial charge in [-0.2, -0.15) is 0 Å². The lowest BCUT2D eigenvalue weighted by Gasteiger charge is -2.38. The van der Waals surface area contributed by atoms with Crippen molar-refractivity contribution in [1.29, 1.82) is 0 Å². The second-order valence-corrected chi connectivity index (χ2v) is 7.15. The first-order valence-electron chi connectivity index (χ1n) is 10.4. The average Bonchev–Trinajstić information content (AvgIpc) is 2.67. The second-order valence-electron chi connectivity index (χ2n) is 7.15. The number of unbranched alkanes of at least 4 members (excludes halogenated alkanes) is 4. The second kappa shape index (κ2) is 15.3. The Labute approximate surface area is 165 Å². The molecule has 0 amide bonds. The molecule has 0 radical (unpaired) electrons. The van der Waals surface area contributed by atoms with Gasteiger partial charge in [0.25, 0.3) is 0 Å². The third-order valence-electron chi connectivity index (χ3n) is 4.95. The minimum Gasteiger partial charge on any atom is -0.473 e. The maximum atomic E-state index is 10.5. The van der Waals surface area contributed by atoms with Crippen molar-refractivity contribution in [2.45, 2.75) is 95.9 Å². The van der Waals surface area contributed by atoms with Gasteiger partial charge in [0, 0.05) is 27.2 Å². The third kappa shape index (κ3) is 9.90. The van der Waals surface area contributed by atoms with E-state index in [1.165, 1.54) is 32.1 Å². The molecule has 2 unspecified atom stereocenters. The standard InChI is InChI=1S/C21H40O6/c1-5-7-8-9-10-11-17(24-4)12-14-25-18-15-20(26-13-6-2)27-19(16-23-3)21(18)22/h6,13,17-22H,5,7-12,14-16H2,1-4H3/b13-6-/t17-,18?,19?,20+,21+/m1/s1. The Hall–Kier alpha value is -0.660. The Kier molecular flexibility index (Phi) is 13.8. The lowest BCUT2D eigenvalue weighted by molar-refractivity contribution is -0.251. The molecule has 5 atom stereocenters. The Morgan fingerprint density at radius 3 is 2.59 bits per heavy atom. The highest BCUT2D eigenvalue weighted by Gasteiger charge is 2.39. The van der Waals surface area contributed by atoms with Crippen LogP contribution in [0.2, 0.25) is 0 Å². The Morgan fingerprint density at radius 2 is 1.93 bits per heavy atom. The van der Waals surface area contributed by atoms with Gasteiger partial charge in [0.05, 0.1) is 25.1 Å². The van der Waals surface area contributed by atoms with Crippen LogP contribution in [0.4, 0.5) is 0 Å². The summed E-state index contributed by atoms with van der Waals surface area (Å²) in [6, 6.07) is 0. The van der Waals surface area contributed by atoms with E-state index in [-0.39, 0.29) is 12.2 Å². The zero-order valence-corrected chi connectivity index (χ0v) is 17.6. The van der Waals surface area contributed by atoms with Gasteiger partial charge in [0.2, 0.25) is 6.29 Å². The van der Waals surface area contributed by atoms with E-state index in [4.69, 9.17) is 23.7 Å². The molecule has 160 valence electrons. The van der Waals surface area contributed by atoms with Gasteiger partial charge >= 0.3 is 0 Å². The number of ether oxygens (including phenoxy) is 5. The molecule has 0 aromatic heterocycles. The summed E-state index contributed by atoms with van der Waals surface area (Å²) in [6.45, 7) is 4.96. The quantitative estimate of drug-likeness (QED) is 0.340. The van der Waals surface area contributed by atoms with Crippen LogP contribution in [0, 0.1) is 0 Å². The summed E-state index contributed by atoms with van der Waals surface area (Å²) in [5, 5.41) is 10.5. The molecule has 0 aliphatic carbocycles. The monoisotopic (exact) mass is 388 g/mol. The maximum Gasteiger partial charge on any atom is 0.202 e. The van der Waals surface area contributed by atoms with Crippen LogP contribution in [0.25, 0.3) is 0 Å². The minimum absolute atomic E-state index is 0.202. The van der Waals surface area contributed by atoms with Crippen LogP contribution in [0.3, 0.4) is 0 Å². The van der Waals surface area contributed by atoms with Crippen LogP contribution in [0.5, 0.6) is 0 Å². The molecule has 1 aliphatic rings. The van der Waals surface area contributed by atoms with Crippen molar-refractivity contribution in [2.24, 2.45) is 0 Å². The molecule has 27 heavy (non-hydrogen) atoms. The molecular weight excluding hydrogens is 348 g/mol. The van der Waals surface area contributed by atoms with Crippen molar-refractivity contribution in [3.8, 4) is 0 Å². The zero-order valence-electron chi connectivity index (χ0n) is 17.6. The van der Waals surface area contributed by atoms with Gasteiger partial charge in [-0.1, -0.05) is 45.1 Å². The van der Waals surface area contributed by atoms with Gasteiger partial charge in [-0.15, -0.1) is 0 Å². The van der Waals surface area contributed by atoms with Crippen molar-refractivity contribution in [3.63, 3.8) is 0 Å². The molecule has 1 fully saturated rings. The molecule has 6 heteroatoms. The Morgan fingerprint density at radius 1 is 1.15 bits per heavy atom. The lowest BCUT2D eigenvalue weighted by Crippen LogP contribution is -2.51. The van der Waals surface area contributed by atoms with Gasteiger partial charge in [-0.3, -0.25) is 0 Å². The number of aliphatic hydroxyl groups excluding tert-OH is 1. The average molecular weight is 389 g/mol. The summed E-state index contributed by atoms with van der Waals surface area (Å²) in [7, 11) is 3.35. The van der Waals surface area contributed by atoms with Crippen LogP contribution < -0.4 is 0 Å². The van der Waals surface area contributed by atoms with Crippen LogP contribution >= 0.6 is 0 Å². The van der Waals surface area contributed by atoms with Crippen LogP contribution in [-0.2, 0) is 23.7 Å². The smallest absolute Gasteiger partial charge is 0.202 e. The predicted octanol–water partition coefficient (Wildman–Crippen LogP) is 3.81. The van der Waals surface area contributed by atoms with E-state index in [9.17, 15) is 5.11 Å². The number of aliphatic hydroxyl groups is 1. The number of hydrogen-bond acceptors (Lipinski definition) is 6. The summed E-state index contributed by atoms with van der Waals surface area (Å²) >= 11 is 0. The van der Waals surface area contributed by atoms with E-state index in [2.05, 4.69) is 6.92 Å². The molecule has 1 saturated heterocycles. The van der Waals surface area contributed by atoms with Crippen LogP contribution in [-0.4, -0.2) is 63.2 Å². The van der Waals surface area contributed by atoms with Gasteiger partial charge in [0.15, 0.2) is 0 Å². The summed E-state index contributed by atoms with van der Waals surface area (Å²) in [5.41, 5.74) is 0. The summed E-state index contributed by atoms with van der Waals surface area (Å²) in [4.78, 5) is 0. The normalized spacial score (nSPS) is 27.1. The van der Waals surface area contributed by atoms with E-state index >= 15 is 0 Å². The van der Waals surface area contributed by atoms with E-state index in [1.54, 1.807) is 26.6 Å². The molecule has 1 heterocycles. The maximum absolute atomic E-state index is 10.5. The highest BCUT2D eigenvalue weighted by molar-refractivity contribution is 4.85. The van der Waals surface area contributed by atoms with Crippen LogP contribution in [0.15, 0.2) is 12.3 Å². The van der Waals surface area contributed by atoms with Crippen molar-refractivity contribution in [2.75, 3.05) is 27.4 Å². The fraction of sp³-hybridized carbons (Fsp3) is 0.905. The molecule has 0 spiro atoms. The first-order valence-corrected chi connectivity index (χ1v) is 10.4. The molecule has 1 N–H and O–H groups in total. The number of methoxy groups -OCH3 is 2. The lowest BCUT2D eigenvalue weighted by atomic mass is 10.0. The van der Waals surface area contributed by atoms with Gasteiger partial charge < -0.3 is 28.8 Å². The first-order chi connectivity index (χ1) is 13.2. The van der Waals surface area contributed by atoms with E-state index < -0.39 is 18.5 Å². The molecular formula is C21H40O6. The van der Waals surface area contributed by atoms with Gasteiger partial charge in [0.1, 0.15) is 12.2 Å². The molecule has 0 bridgehead atoms.